The Morgan fingerprint density at radius 2 is 1.57 bits per heavy atom. The standard InChI is InChI=1S/C23H23NO4/c25-22(26)20-13-9-10-14(11-13)21(20)24-23(27)28-12-19-17-7-3-1-5-15(17)16-6-2-4-8-18(16)19/h1-8,13-14,19-21H,9-12H2,(H,24,27)(H,25,26)/t13-,14+,20-,21+/m0/s1. The Morgan fingerprint density at radius 1 is 0.964 bits per heavy atom. The maximum atomic E-state index is 12.5. The van der Waals surface area contributed by atoms with Crippen LogP contribution in [0.4, 0.5) is 4.79 Å². The molecule has 2 saturated carbocycles. The van der Waals surface area contributed by atoms with Gasteiger partial charge in [-0.25, -0.2) is 4.79 Å². The molecule has 0 heterocycles. The molecule has 5 heteroatoms. The van der Waals surface area contributed by atoms with Crippen molar-refractivity contribution in [3.05, 3.63) is 59.7 Å². The van der Waals surface area contributed by atoms with Gasteiger partial charge in [-0.05, 0) is 53.4 Å². The molecular formula is C23H23NO4. The van der Waals surface area contributed by atoms with E-state index in [1.807, 2.05) is 24.3 Å². The third kappa shape index (κ3) is 2.68. The zero-order valence-corrected chi connectivity index (χ0v) is 15.5. The van der Waals surface area contributed by atoms with Crippen LogP contribution in [0.5, 0.6) is 0 Å². The van der Waals surface area contributed by atoms with Gasteiger partial charge in [-0.1, -0.05) is 48.5 Å². The highest BCUT2D eigenvalue weighted by Gasteiger charge is 2.51. The number of hydrogen-bond donors (Lipinski definition) is 2. The lowest BCUT2D eigenvalue weighted by Gasteiger charge is -2.28. The molecule has 0 aromatic heterocycles. The predicted molar refractivity (Wildman–Crippen MR) is 104 cm³/mol. The second kappa shape index (κ2) is 6.66. The molecule has 2 bridgehead atoms. The van der Waals surface area contributed by atoms with Gasteiger partial charge in [-0.15, -0.1) is 0 Å². The van der Waals surface area contributed by atoms with E-state index in [1.54, 1.807) is 0 Å². The van der Waals surface area contributed by atoms with Crippen LogP contribution in [0, 0.1) is 17.8 Å². The van der Waals surface area contributed by atoms with Gasteiger partial charge in [0.2, 0.25) is 0 Å². The summed E-state index contributed by atoms with van der Waals surface area (Å²) < 4.78 is 5.59. The quantitative estimate of drug-likeness (QED) is 0.844. The maximum absolute atomic E-state index is 12.5. The van der Waals surface area contributed by atoms with Gasteiger partial charge in [0.1, 0.15) is 6.61 Å². The summed E-state index contributed by atoms with van der Waals surface area (Å²) in [4.78, 5) is 24.1. The molecule has 0 unspecified atom stereocenters. The molecule has 1 amide bonds. The van der Waals surface area contributed by atoms with Gasteiger partial charge >= 0.3 is 12.1 Å². The summed E-state index contributed by atoms with van der Waals surface area (Å²) >= 11 is 0. The molecule has 0 spiro atoms. The maximum Gasteiger partial charge on any atom is 0.407 e. The van der Waals surface area contributed by atoms with Crippen LogP contribution in [0.25, 0.3) is 11.1 Å². The third-order valence-electron chi connectivity index (χ3n) is 6.83. The minimum atomic E-state index is -0.809. The Balaban J connectivity index is 1.29. The molecule has 5 nitrogen and oxygen atoms in total. The highest BCUT2D eigenvalue weighted by molar-refractivity contribution is 5.79. The van der Waals surface area contributed by atoms with Crippen LogP contribution in [0.2, 0.25) is 0 Å². The van der Waals surface area contributed by atoms with Crippen molar-refractivity contribution in [1.82, 2.24) is 5.32 Å². The fraction of sp³-hybridized carbons (Fsp3) is 0.391. The molecule has 5 rings (SSSR count). The summed E-state index contributed by atoms with van der Waals surface area (Å²) in [5, 5.41) is 12.4. The number of rotatable bonds is 4. The minimum absolute atomic E-state index is 0.00782. The number of carboxylic acid groups (broad SMARTS) is 1. The van der Waals surface area contributed by atoms with Crippen molar-refractivity contribution in [3.63, 3.8) is 0 Å². The first-order chi connectivity index (χ1) is 13.6. The third-order valence-corrected chi connectivity index (χ3v) is 6.83. The Hall–Kier alpha value is -2.82. The molecular weight excluding hydrogens is 354 g/mol. The summed E-state index contributed by atoms with van der Waals surface area (Å²) in [5.74, 6) is -0.850. The molecule has 4 atom stereocenters. The summed E-state index contributed by atoms with van der Waals surface area (Å²) in [6.07, 6.45) is 2.32. The number of ether oxygens (including phenoxy) is 1. The van der Waals surface area contributed by atoms with E-state index in [2.05, 4.69) is 29.6 Å². The average molecular weight is 377 g/mol. The topological polar surface area (TPSA) is 75.6 Å². The van der Waals surface area contributed by atoms with E-state index in [-0.39, 0.29) is 30.4 Å². The van der Waals surface area contributed by atoms with Crippen molar-refractivity contribution in [2.75, 3.05) is 6.61 Å². The second-order valence-electron chi connectivity index (χ2n) is 8.19. The molecule has 0 saturated heterocycles. The normalized spacial score (nSPS) is 27.3. The molecule has 0 aliphatic heterocycles. The average Bonchev–Trinajstić information content (AvgIpc) is 3.38. The lowest BCUT2D eigenvalue weighted by atomic mass is 9.84. The first-order valence-electron chi connectivity index (χ1n) is 9.98. The fourth-order valence-electron chi connectivity index (χ4n) is 5.63. The fourth-order valence-corrected chi connectivity index (χ4v) is 5.63. The molecule has 2 N–H and O–H groups in total. The van der Waals surface area contributed by atoms with Gasteiger partial charge in [0.15, 0.2) is 0 Å². The molecule has 28 heavy (non-hydrogen) atoms. The van der Waals surface area contributed by atoms with E-state index in [0.29, 0.717) is 0 Å². The van der Waals surface area contributed by atoms with E-state index in [4.69, 9.17) is 4.74 Å². The molecule has 3 aliphatic rings. The Labute approximate surface area is 163 Å². The molecule has 2 aromatic carbocycles. The Morgan fingerprint density at radius 3 is 2.21 bits per heavy atom. The summed E-state index contributed by atoms with van der Waals surface area (Å²) in [6, 6.07) is 16.1. The van der Waals surface area contributed by atoms with E-state index in [0.717, 1.165) is 19.3 Å². The zero-order chi connectivity index (χ0) is 19.3. The van der Waals surface area contributed by atoms with Gasteiger partial charge in [0.05, 0.1) is 5.92 Å². The van der Waals surface area contributed by atoms with E-state index < -0.39 is 18.0 Å². The van der Waals surface area contributed by atoms with Crippen molar-refractivity contribution in [3.8, 4) is 11.1 Å². The number of carbonyl (C=O) groups is 2. The number of carbonyl (C=O) groups excluding carboxylic acids is 1. The lowest BCUT2D eigenvalue weighted by Crippen LogP contribution is -2.47. The first kappa shape index (κ1) is 17.3. The molecule has 3 aliphatic carbocycles. The largest absolute Gasteiger partial charge is 0.481 e. The summed E-state index contributed by atoms with van der Waals surface area (Å²) in [6.45, 7) is 0.248. The van der Waals surface area contributed by atoms with Gasteiger partial charge in [0.25, 0.3) is 0 Å². The second-order valence-corrected chi connectivity index (χ2v) is 8.19. The number of amides is 1. The predicted octanol–water partition coefficient (Wildman–Crippen LogP) is 4.02. The van der Waals surface area contributed by atoms with Crippen LogP contribution >= 0.6 is 0 Å². The zero-order valence-electron chi connectivity index (χ0n) is 15.5. The van der Waals surface area contributed by atoms with Crippen molar-refractivity contribution in [2.24, 2.45) is 17.8 Å². The number of carboxylic acids is 1. The summed E-state index contributed by atoms with van der Waals surface area (Å²) in [7, 11) is 0. The van der Waals surface area contributed by atoms with Crippen molar-refractivity contribution in [2.45, 2.75) is 31.2 Å². The Kier molecular flexibility index (Phi) is 4.11. The summed E-state index contributed by atoms with van der Waals surface area (Å²) in [5.41, 5.74) is 4.71. The van der Waals surface area contributed by atoms with E-state index in [9.17, 15) is 14.7 Å². The van der Waals surface area contributed by atoms with Gasteiger partial charge in [-0.2, -0.15) is 0 Å². The smallest absolute Gasteiger partial charge is 0.407 e. The monoisotopic (exact) mass is 377 g/mol. The van der Waals surface area contributed by atoms with Crippen molar-refractivity contribution < 1.29 is 19.4 Å². The highest BCUT2D eigenvalue weighted by atomic mass is 16.5. The SMILES string of the molecule is O=C(N[C@@H]1[C@@H]2CC[C@@H](C2)[C@@H]1C(=O)O)OCC1c2ccccc2-c2ccccc21. The molecule has 144 valence electrons. The van der Waals surface area contributed by atoms with Gasteiger partial charge < -0.3 is 15.2 Å². The highest BCUT2D eigenvalue weighted by Crippen LogP contribution is 2.49. The van der Waals surface area contributed by atoms with Crippen LogP contribution < -0.4 is 5.32 Å². The van der Waals surface area contributed by atoms with E-state index >= 15 is 0 Å². The number of hydrogen-bond acceptors (Lipinski definition) is 3. The number of fused-ring (bicyclic) bond motifs is 5. The molecule has 0 radical (unpaired) electrons. The molecule has 2 aromatic rings. The number of alkyl carbamates (subject to hydrolysis) is 1. The molecule has 2 fully saturated rings. The lowest BCUT2D eigenvalue weighted by molar-refractivity contribution is -0.144. The van der Waals surface area contributed by atoms with E-state index in [1.165, 1.54) is 22.3 Å². The number of aliphatic carboxylic acids is 1. The number of nitrogens with one attached hydrogen (secondary N) is 1. The van der Waals surface area contributed by atoms with Crippen LogP contribution in [-0.2, 0) is 9.53 Å². The van der Waals surface area contributed by atoms with Crippen LogP contribution in [0.15, 0.2) is 48.5 Å². The van der Waals surface area contributed by atoms with Crippen molar-refractivity contribution in [1.29, 1.82) is 0 Å². The van der Waals surface area contributed by atoms with Crippen LogP contribution in [0.3, 0.4) is 0 Å². The van der Waals surface area contributed by atoms with Crippen LogP contribution in [0.1, 0.15) is 36.3 Å². The Bertz CT molecular complexity index is 894. The first-order valence-corrected chi connectivity index (χ1v) is 9.98. The van der Waals surface area contributed by atoms with Gasteiger partial charge in [0, 0.05) is 12.0 Å². The van der Waals surface area contributed by atoms with Crippen LogP contribution in [-0.4, -0.2) is 29.8 Å². The minimum Gasteiger partial charge on any atom is -0.481 e. The number of benzene rings is 2. The van der Waals surface area contributed by atoms with Gasteiger partial charge in [-0.3, -0.25) is 4.79 Å². The van der Waals surface area contributed by atoms with Crippen molar-refractivity contribution >= 4 is 12.1 Å².